The Labute approximate surface area is 242 Å². The summed E-state index contributed by atoms with van der Waals surface area (Å²) in [4.78, 5) is 51.9. The summed E-state index contributed by atoms with van der Waals surface area (Å²) in [5.41, 5.74) is 2.64. The molecule has 0 saturated heterocycles. The van der Waals surface area contributed by atoms with Crippen molar-refractivity contribution < 1.29 is 14.4 Å². The Morgan fingerprint density at radius 2 is 1.60 bits per heavy atom. The zero-order valence-corrected chi connectivity index (χ0v) is 25.2. The normalized spacial score (nSPS) is 15.4. The van der Waals surface area contributed by atoms with Crippen LogP contribution in [-0.2, 0) is 6.54 Å². The number of allylic oxidation sites excluding steroid dienone is 1. The minimum absolute atomic E-state index is 0.0403. The van der Waals surface area contributed by atoms with Gasteiger partial charge in [0.05, 0.1) is 6.33 Å². The molecule has 0 unspecified atom stereocenters. The van der Waals surface area contributed by atoms with E-state index in [1.54, 1.807) is 38.6 Å². The van der Waals surface area contributed by atoms with E-state index in [0.717, 1.165) is 24.8 Å². The number of fused-ring (bicyclic) bond motifs is 2. The van der Waals surface area contributed by atoms with Crippen molar-refractivity contribution in [3.63, 3.8) is 0 Å². The minimum Gasteiger partial charge on any atom is -0.327 e. The number of amides is 2. The first kappa shape index (κ1) is 31.0. The van der Waals surface area contributed by atoms with Crippen LogP contribution in [0.5, 0.6) is 0 Å². The molecular formula is C31H40ClN5O3. The van der Waals surface area contributed by atoms with Gasteiger partial charge in [0.15, 0.2) is 0 Å². The lowest BCUT2D eigenvalue weighted by Crippen LogP contribution is -2.47. The number of carbonyl (C=O) groups is 3. The molecule has 2 amide bonds. The maximum Gasteiger partial charge on any atom is 0.330 e. The molecule has 2 aliphatic rings. The van der Waals surface area contributed by atoms with Crippen molar-refractivity contribution in [3.8, 4) is 0 Å². The van der Waals surface area contributed by atoms with E-state index in [-0.39, 0.29) is 29.2 Å². The third-order valence-electron chi connectivity index (χ3n) is 6.95. The number of aryl methyl sites for hydroxylation is 1. The fourth-order valence-corrected chi connectivity index (χ4v) is 4.78. The predicted octanol–water partition coefficient (Wildman–Crippen LogP) is 7.04. The van der Waals surface area contributed by atoms with E-state index in [2.05, 4.69) is 23.5 Å². The molecule has 9 heteroatoms. The highest BCUT2D eigenvalue weighted by Gasteiger charge is 2.35. The van der Waals surface area contributed by atoms with E-state index in [0.29, 0.717) is 59.6 Å². The van der Waals surface area contributed by atoms with Gasteiger partial charge in [-0.1, -0.05) is 89.9 Å². The highest BCUT2D eigenvalue weighted by Crippen LogP contribution is 2.31. The quantitative estimate of drug-likeness (QED) is 0.195. The van der Waals surface area contributed by atoms with Gasteiger partial charge in [-0.3, -0.25) is 19.4 Å². The molecule has 0 bridgehead atoms. The summed E-state index contributed by atoms with van der Waals surface area (Å²) < 4.78 is 1.71. The van der Waals surface area contributed by atoms with Gasteiger partial charge in [-0.2, -0.15) is 0 Å². The first-order valence-corrected chi connectivity index (χ1v) is 14.5. The van der Waals surface area contributed by atoms with E-state index < -0.39 is 0 Å². The Hall–Kier alpha value is -3.52. The summed E-state index contributed by atoms with van der Waals surface area (Å²) in [5, 5.41) is 0.444. The number of benzene rings is 1. The average molecular weight is 566 g/mol. The Bertz CT molecular complexity index is 1350. The molecule has 1 aromatic carbocycles. The van der Waals surface area contributed by atoms with Gasteiger partial charge in [0, 0.05) is 47.9 Å². The molecule has 0 spiro atoms. The van der Waals surface area contributed by atoms with Crippen LogP contribution >= 0.6 is 11.6 Å². The molecule has 1 aliphatic carbocycles. The van der Waals surface area contributed by atoms with Gasteiger partial charge < -0.3 is 4.57 Å². The van der Waals surface area contributed by atoms with Gasteiger partial charge in [0.25, 0.3) is 0 Å². The molecule has 0 saturated carbocycles. The van der Waals surface area contributed by atoms with Gasteiger partial charge in [-0.05, 0) is 19.8 Å². The van der Waals surface area contributed by atoms with E-state index in [9.17, 15) is 14.4 Å². The maximum atomic E-state index is 13.6. The van der Waals surface area contributed by atoms with Gasteiger partial charge in [-0.15, -0.1) is 0 Å². The molecule has 0 N–H and O–H groups in total. The summed E-state index contributed by atoms with van der Waals surface area (Å²) in [6, 6.07) is 6.62. The molecule has 214 valence electrons. The first-order valence-electron chi connectivity index (χ1n) is 14.1. The molecule has 40 heavy (non-hydrogen) atoms. The van der Waals surface area contributed by atoms with Crippen LogP contribution in [0.1, 0.15) is 99.3 Å². The zero-order valence-electron chi connectivity index (χ0n) is 24.5. The lowest BCUT2D eigenvalue weighted by molar-refractivity contribution is 0.0970. The largest absolute Gasteiger partial charge is 0.330 e. The lowest BCUT2D eigenvalue weighted by atomic mass is 9.90. The number of carbonyl (C=O) groups excluding carboxylic acids is 3. The minimum atomic E-state index is -0.245. The van der Waals surface area contributed by atoms with Crippen molar-refractivity contribution in [2.75, 3.05) is 13.1 Å². The van der Waals surface area contributed by atoms with Gasteiger partial charge in [0.2, 0.25) is 11.6 Å². The topological polar surface area (TPSA) is 87.9 Å². The van der Waals surface area contributed by atoms with E-state index in [4.69, 9.17) is 11.6 Å². The van der Waals surface area contributed by atoms with Crippen molar-refractivity contribution in [1.29, 1.82) is 0 Å². The number of rotatable bonds is 10. The number of aromatic nitrogens is 2. The third kappa shape index (κ3) is 6.12. The molecule has 0 radical (unpaired) electrons. The van der Waals surface area contributed by atoms with Crippen molar-refractivity contribution >= 4 is 34.4 Å². The number of urea groups is 1. The number of ketones is 2. The Morgan fingerprint density at radius 1 is 0.975 bits per heavy atom. The zero-order chi connectivity index (χ0) is 29.6. The molecule has 0 fully saturated rings. The highest BCUT2D eigenvalue weighted by molar-refractivity contribution is 6.65. The monoisotopic (exact) mass is 565 g/mol. The van der Waals surface area contributed by atoms with Gasteiger partial charge >= 0.3 is 6.03 Å². The molecule has 4 rings (SSSR count). The number of hydrogen-bond donors (Lipinski definition) is 0. The molecule has 8 nitrogen and oxygen atoms in total. The standard InChI is InChI=1S/C29H34ClN5O3.C2H6/c1-6-7-10-15-35-28(32-27(30)18(2)3)19(4)20(5)34(29(35)38)16-11-14-33-17-31-23-24(33)26(37)22-13-9-8-12-21(22)25(23)36;1-2/h8-9,12-13,17-18H,5-7,10-11,14-16H2,1-4H3;1-2H3/b32-27+;. The number of imidazole rings is 1. The number of aliphatic imine (C=N–C) groups is 1. The van der Waals surface area contributed by atoms with Crippen LogP contribution in [0.15, 0.2) is 59.3 Å². The second-order valence-corrected chi connectivity index (χ2v) is 10.4. The van der Waals surface area contributed by atoms with Crippen LogP contribution in [0.4, 0.5) is 4.79 Å². The molecule has 1 aromatic heterocycles. The average Bonchev–Trinajstić information content (AvgIpc) is 3.39. The van der Waals surface area contributed by atoms with E-state index in [1.165, 1.54) is 6.33 Å². The maximum absolute atomic E-state index is 13.6. The summed E-state index contributed by atoms with van der Waals surface area (Å²) >= 11 is 6.40. The highest BCUT2D eigenvalue weighted by atomic mass is 35.5. The first-order chi connectivity index (χ1) is 19.2. The second kappa shape index (κ2) is 13.7. The summed E-state index contributed by atoms with van der Waals surface area (Å²) in [6.45, 7) is 17.5. The van der Waals surface area contributed by atoms with Crippen LogP contribution in [0.3, 0.4) is 0 Å². The van der Waals surface area contributed by atoms with Crippen LogP contribution in [0, 0.1) is 5.92 Å². The number of hydrogen-bond acceptors (Lipinski definition) is 5. The number of unbranched alkanes of at least 4 members (excludes halogenated alkanes) is 2. The third-order valence-corrected chi connectivity index (χ3v) is 7.47. The Kier molecular flexibility index (Phi) is 10.6. The number of nitrogens with zero attached hydrogens (tertiary/aromatic N) is 5. The molecule has 0 atom stereocenters. The van der Waals surface area contributed by atoms with Gasteiger partial charge in [-0.25, -0.2) is 14.8 Å². The molecule has 2 heterocycles. The van der Waals surface area contributed by atoms with Crippen LogP contribution in [-0.4, -0.2) is 55.2 Å². The van der Waals surface area contributed by atoms with E-state index >= 15 is 0 Å². The summed E-state index contributed by atoms with van der Waals surface area (Å²) in [5.74, 6) is 0.137. The molecular weight excluding hydrogens is 526 g/mol. The summed E-state index contributed by atoms with van der Waals surface area (Å²) in [6.07, 6.45) is 4.96. The van der Waals surface area contributed by atoms with Gasteiger partial charge in [0.1, 0.15) is 22.4 Å². The lowest BCUT2D eigenvalue weighted by Gasteiger charge is -2.38. The van der Waals surface area contributed by atoms with Crippen LogP contribution in [0.25, 0.3) is 0 Å². The van der Waals surface area contributed by atoms with Crippen molar-refractivity contribution in [1.82, 2.24) is 19.4 Å². The van der Waals surface area contributed by atoms with E-state index in [1.807, 2.05) is 34.6 Å². The van der Waals surface area contributed by atoms with Crippen LogP contribution < -0.4 is 0 Å². The Morgan fingerprint density at radius 3 is 2.23 bits per heavy atom. The van der Waals surface area contributed by atoms with Crippen LogP contribution in [0.2, 0.25) is 0 Å². The predicted molar refractivity (Wildman–Crippen MR) is 160 cm³/mol. The smallest absolute Gasteiger partial charge is 0.327 e. The fraction of sp³-hybridized carbons (Fsp3) is 0.452. The second-order valence-electron chi connectivity index (χ2n) is 9.97. The fourth-order valence-electron chi connectivity index (χ4n) is 4.70. The summed E-state index contributed by atoms with van der Waals surface area (Å²) in [7, 11) is 0. The van der Waals surface area contributed by atoms with Crippen molar-refractivity contribution in [2.24, 2.45) is 10.9 Å². The number of halogens is 1. The Balaban J connectivity index is 0.00000216. The van der Waals surface area contributed by atoms with Crippen molar-refractivity contribution in [3.05, 3.63) is 76.8 Å². The molecule has 1 aliphatic heterocycles. The molecule has 2 aromatic rings. The van der Waals surface area contributed by atoms with Crippen molar-refractivity contribution in [2.45, 2.75) is 73.8 Å². The SMILES string of the molecule is C=C1C(C)=C(/N=C(/Cl)C(C)C)N(CCCCC)C(=O)N1CCCn1cnc2c1C(=O)c1ccccc1C2=O.CC.